The molecule has 0 saturated heterocycles. The maximum absolute atomic E-state index is 10.1. The molecule has 1 atom stereocenters. The molecule has 0 amide bonds. The number of rotatable bonds is 6. The lowest BCUT2D eigenvalue weighted by Gasteiger charge is -2.14. The summed E-state index contributed by atoms with van der Waals surface area (Å²) in [6, 6.07) is 12.9. The molecule has 0 radical (unpaired) electrons. The van der Waals surface area contributed by atoms with E-state index >= 15 is 0 Å². The minimum atomic E-state index is -0.563. The molecule has 2 aromatic rings. The van der Waals surface area contributed by atoms with Gasteiger partial charge in [0.05, 0.1) is 18.2 Å². The van der Waals surface area contributed by atoms with E-state index in [1.54, 1.807) is 19.2 Å². The molecule has 0 spiro atoms. The summed E-state index contributed by atoms with van der Waals surface area (Å²) in [6.45, 7) is 0.935. The fourth-order valence-corrected chi connectivity index (χ4v) is 2.72. The maximum Gasteiger partial charge on any atom is 0.142 e. The first-order valence-electron chi connectivity index (χ1n) is 6.57. The molecule has 2 N–H and O–H groups in total. The summed E-state index contributed by atoms with van der Waals surface area (Å²) >= 11 is 12.1. The van der Waals surface area contributed by atoms with E-state index in [1.165, 1.54) is 0 Å². The second-order valence-corrected chi connectivity index (χ2v) is 5.48. The fraction of sp³-hybridized carbons (Fsp3) is 0.250. The molecular formula is C16H17Cl2NO2. The van der Waals surface area contributed by atoms with Crippen molar-refractivity contribution >= 4 is 23.2 Å². The van der Waals surface area contributed by atoms with Gasteiger partial charge in [-0.05, 0) is 17.7 Å². The largest absolute Gasteiger partial charge is 0.495 e. The Morgan fingerprint density at radius 2 is 1.90 bits per heavy atom. The van der Waals surface area contributed by atoms with Crippen LogP contribution in [0.2, 0.25) is 10.0 Å². The summed E-state index contributed by atoms with van der Waals surface area (Å²) in [5, 5.41) is 14.3. The Morgan fingerprint density at radius 3 is 2.57 bits per heavy atom. The lowest BCUT2D eigenvalue weighted by molar-refractivity contribution is 0.174. The Morgan fingerprint density at radius 1 is 1.19 bits per heavy atom. The molecule has 21 heavy (non-hydrogen) atoms. The van der Waals surface area contributed by atoms with Crippen molar-refractivity contribution < 1.29 is 9.84 Å². The van der Waals surface area contributed by atoms with Crippen LogP contribution in [0.25, 0.3) is 0 Å². The number of methoxy groups -OCH3 is 1. The number of benzene rings is 2. The third kappa shape index (κ3) is 4.35. The van der Waals surface area contributed by atoms with Crippen LogP contribution in [0.1, 0.15) is 17.2 Å². The third-order valence-corrected chi connectivity index (χ3v) is 3.63. The van der Waals surface area contributed by atoms with Crippen LogP contribution >= 0.6 is 23.2 Å². The molecule has 0 aliphatic heterocycles. The number of nitrogens with one attached hydrogen (secondary N) is 1. The van der Waals surface area contributed by atoms with E-state index in [0.717, 1.165) is 11.1 Å². The Balaban J connectivity index is 1.98. The second kappa shape index (κ2) is 7.66. The monoisotopic (exact) mass is 325 g/mol. The van der Waals surface area contributed by atoms with Crippen molar-refractivity contribution in [2.75, 3.05) is 13.7 Å². The highest BCUT2D eigenvalue weighted by atomic mass is 35.5. The fourth-order valence-electron chi connectivity index (χ4n) is 2.11. The zero-order valence-electron chi connectivity index (χ0n) is 11.6. The maximum atomic E-state index is 10.1. The van der Waals surface area contributed by atoms with Crippen molar-refractivity contribution in [3.8, 4) is 5.75 Å². The minimum Gasteiger partial charge on any atom is -0.495 e. The van der Waals surface area contributed by atoms with Gasteiger partial charge in [-0.1, -0.05) is 53.5 Å². The number of hydrogen-bond acceptors (Lipinski definition) is 3. The van der Waals surface area contributed by atoms with E-state index in [4.69, 9.17) is 27.9 Å². The van der Waals surface area contributed by atoms with Crippen LogP contribution in [-0.2, 0) is 6.54 Å². The number of aliphatic hydroxyl groups excluding tert-OH is 1. The van der Waals surface area contributed by atoms with Crippen LogP contribution in [0.3, 0.4) is 0 Å². The van der Waals surface area contributed by atoms with Crippen molar-refractivity contribution in [3.05, 3.63) is 63.6 Å². The summed E-state index contributed by atoms with van der Waals surface area (Å²) in [7, 11) is 1.57. The molecule has 0 unspecified atom stereocenters. The number of halogens is 2. The molecule has 0 aliphatic carbocycles. The first kappa shape index (κ1) is 16.1. The van der Waals surface area contributed by atoms with Gasteiger partial charge in [0, 0.05) is 23.7 Å². The van der Waals surface area contributed by atoms with E-state index in [9.17, 15) is 5.11 Å². The van der Waals surface area contributed by atoms with Gasteiger partial charge in [-0.2, -0.15) is 0 Å². The average molecular weight is 326 g/mol. The van der Waals surface area contributed by atoms with Gasteiger partial charge in [0.2, 0.25) is 0 Å². The number of ether oxygens (including phenoxy) is 1. The Kier molecular flexibility index (Phi) is 5.88. The highest BCUT2D eigenvalue weighted by Gasteiger charge is 2.11. The first-order valence-corrected chi connectivity index (χ1v) is 7.33. The van der Waals surface area contributed by atoms with Crippen molar-refractivity contribution in [2.45, 2.75) is 12.6 Å². The van der Waals surface area contributed by atoms with E-state index in [2.05, 4.69) is 5.32 Å². The number of aliphatic hydroxyl groups is 1. The standard InChI is InChI=1S/C16H17Cl2NO2/c1-21-16-12(7-13(17)8-14(16)18)9-19-10-15(20)11-5-3-2-4-6-11/h2-8,15,19-20H,9-10H2,1H3/t15-/m0/s1. The highest BCUT2D eigenvalue weighted by molar-refractivity contribution is 6.35. The van der Waals surface area contributed by atoms with Crippen molar-refractivity contribution in [1.29, 1.82) is 0 Å². The van der Waals surface area contributed by atoms with Gasteiger partial charge in [0.15, 0.2) is 0 Å². The predicted octanol–water partition coefficient (Wildman–Crippen LogP) is 3.83. The zero-order chi connectivity index (χ0) is 15.2. The summed E-state index contributed by atoms with van der Waals surface area (Å²) in [5.74, 6) is 0.600. The van der Waals surface area contributed by atoms with Crippen LogP contribution in [0.5, 0.6) is 5.75 Å². The van der Waals surface area contributed by atoms with Crippen molar-refractivity contribution in [2.24, 2.45) is 0 Å². The van der Waals surface area contributed by atoms with Gasteiger partial charge >= 0.3 is 0 Å². The van der Waals surface area contributed by atoms with Crippen LogP contribution in [0.15, 0.2) is 42.5 Å². The Hall–Kier alpha value is -1.26. The van der Waals surface area contributed by atoms with Crippen LogP contribution in [0.4, 0.5) is 0 Å². The van der Waals surface area contributed by atoms with E-state index in [-0.39, 0.29) is 0 Å². The summed E-state index contributed by atoms with van der Waals surface area (Å²) in [5.41, 5.74) is 1.73. The van der Waals surface area contributed by atoms with E-state index in [1.807, 2.05) is 30.3 Å². The molecule has 112 valence electrons. The molecule has 0 saturated carbocycles. The summed E-state index contributed by atoms with van der Waals surface area (Å²) in [4.78, 5) is 0. The van der Waals surface area contributed by atoms with Crippen molar-refractivity contribution in [3.63, 3.8) is 0 Å². The SMILES string of the molecule is COc1c(Cl)cc(Cl)cc1CNC[C@H](O)c1ccccc1. The molecule has 3 nitrogen and oxygen atoms in total. The molecule has 0 bridgehead atoms. The molecule has 0 fully saturated rings. The van der Waals surface area contributed by atoms with E-state index in [0.29, 0.717) is 28.9 Å². The van der Waals surface area contributed by atoms with Gasteiger partial charge in [-0.15, -0.1) is 0 Å². The highest BCUT2D eigenvalue weighted by Crippen LogP contribution is 2.32. The molecular weight excluding hydrogens is 309 g/mol. The van der Waals surface area contributed by atoms with Gasteiger partial charge in [0.1, 0.15) is 5.75 Å². The summed E-state index contributed by atoms with van der Waals surface area (Å²) < 4.78 is 5.28. The summed E-state index contributed by atoms with van der Waals surface area (Å²) in [6.07, 6.45) is -0.563. The van der Waals surface area contributed by atoms with Crippen LogP contribution in [-0.4, -0.2) is 18.8 Å². The third-order valence-electron chi connectivity index (χ3n) is 3.13. The second-order valence-electron chi connectivity index (χ2n) is 4.64. The quantitative estimate of drug-likeness (QED) is 0.848. The van der Waals surface area contributed by atoms with Gasteiger partial charge in [-0.3, -0.25) is 0 Å². The molecule has 2 rings (SSSR count). The molecule has 0 aliphatic rings. The average Bonchev–Trinajstić information content (AvgIpc) is 2.47. The smallest absolute Gasteiger partial charge is 0.142 e. The van der Waals surface area contributed by atoms with Crippen LogP contribution in [0, 0.1) is 0 Å². The van der Waals surface area contributed by atoms with Gasteiger partial charge in [-0.25, -0.2) is 0 Å². The molecule has 5 heteroatoms. The lowest BCUT2D eigenvalue weighted by atomic mass is 10.1. The van der Waals surface area contributed by atoms with E-state index < -0.39 is 6.10 Å². The Labute approximate surface area is 134 Å². The normalized spacial score (nSPS) is 12.2. The van der Waals surface area contributed by atoms with Gasteiger partial charge < -0.3 is 15.2 Å². The first-order chi connectivity index (χ1) is 10.1. The van der Waals surface area contributed by atoms with Crippen molar-refractivity contribution in [1.82, 2.24) is 5.32 Å². The minimum absolute atomic E-state index is 0.428. The topological polar surface area (TPSA) is 41.5 Å². The van der Waals surface area contributed by atoms with Crippen LogP contribution < -0.4 is 10.1 Å². The predicted molar refractivity (Wildman–Crippen MR) is 86.1 cm³/mol. The molecule has 0 aromatic heterocycles. The van der Waals surface area contributed by atoms with Gasteiger partial charge in [0.25, 0.3) is 0 Å². The number of hydrogen-bond donors (Lipinski definition) is 2. The zero-order valence-corrected chi connectivity index (χ0v) is 13.2. The molecule has 0 heterocycles. The molecule has 2 aromatic carbocycles. The lowest BCUT2D eigenvalue weighted by Crippen LogP contribution is -2.21. The Bertz CT molecular complexity index is 590.